The normalized spacial score (nSPS) is 11.7. The average molecular weight is 1160 g/mol. The van der Waals surface area contributed by atoms with E-state index >= 15 is 0 Å². The molecule has 0 aliphatic heterocycles. The molecule has 15 aromatic rings. The molecule has 0 unspecified atom stereocenters. The number of aromatic nitrogens is 17. The van der Waals surface area contributed by atoms with Gasteiger partial charge in [0.1, 0.15) is 46.6 Å². The Bertz CT molecular complexity index is 5030. The van der Waals surface area contributed by atoms with Crippen LogP contribution in [0.15, 0.2) is 170 Å². The van der Waals surface area contributed by atoms with Crippen LogP contribution < -0.4 is 0 Å². The molecule has 0 N–H and O–H groups in total. The Morgan fingerprint density at radius 3 is 0.854 bits per heavy atom. The number of fused-ring (bicyclic) bond motifs is 6. The molecule has 0 aliphatic rings. The highest BCUT2D eigenvalue weighted by molar-refractivity contribution is 6.14. The highest BCUT2D eigenvalue weighted by atomic mass is 15.1. The van der Waals surface area contributed by atoms with Crippen molar-refractivity contribution >= 4 is 43.6 Å². The van der Waals surface area contributed by atoms with Crippen LogP contribution in [0, 0.1) is 62.3 Å². The molecule has 0 saturated heterocycles. The number of aryl methyl sites for hydroxylation is 9. The van der Waals surface area contributed by atoms with Crippen molar-refractivity contribution in [2.75, 3.05) is 0 Å². The van der Waals surface area contributed by atoms with E-state index in [-0.39, 0.29) is 0 Å². The molecule has 0 aliphatic carbocycles. The summed E-state index contributed by atoms with van der Waals surface area (Å²) in [6.45, 7) is 17.3. The Labute approximate surface area is 511 Å². The summed E-state index contributed by atoms with van der Waals surface area (Å²) in [5.74, 6) is 9.20. The Kier molecular flexibility index (Phi) is 13.0. The van der Waals surface area contributed by atoms with Gasteiger partial charge < -0.3 is 9.13 Å². The number of benzene rings is 8. The molecule has 0 atom stereocenters. The lowest BCUT2D eigenvalue weighted by Gasteiger charge is -2.20. The van der Waals surface area contributed by atoms with Crippen LogP contribution in [0.2, 0.25) is 0 Å². The minimum atomic E-state index is 0.520. The number of nitrogens with zero attached hydrogens (tertiary/aromatic N) is 17. The van der Waals surface area contributed by atoms with E-state index < -0.39 is 0 Å². The fourth-order valence-corrected chi connectivity index (χ4v) is 12.2. The smallest absolute Gasteiger partial charge is 0.164 e. The highest BCUT2D eigenvalue weighted by Gasteiger charge is 2.25. The van der Waals surface area contributed by atoms with Crippen molar-refractivity contribution in [3.05, 3.63) is 222 Å². The van der Waals surface area contributed by atoms with E-state index in [2.05, 4.69) is 145 Å². The monoisotopic (exact) mass is 1160 g/mol. The molecule has 0 spiro atoms. The fraction of sp³-hybridized carbons (Fsp3) is 0.125. The lowest BCUT2D eigenvalue weighted by atomic mass is 9.96. The van der Waals surface area contributed by atoms with Gasteiger partial charge in [-0.1, -0.05) is 72.8 Å². The van der Waals surface area contributed by atoms with Gasteiger partial charge in [-0.15, -0.1) is 0 Å². The molecule has 17 nitrogen and oxygen atoms in total. The average Bonchev–Trinajstić information content (AvgIpc) is 1.61. The summed E-state index contributed by atoms with van der Waals surface area (Å²) in [6, 6.07) is 59.2. The van der Waals surface area contributed by atoms with Crippen LogP contribution in [0.3, 0.4) is 0 Å². The molecule has 0 bridgehead atoms. The van der Waals surface area contributed by atoms with Gasteiger partial charge >= 0.3 is 0 Å². The Balaban J connectivity index is 1.03. The highest BCUT2D eigenvalue weighted by Crippen LogP contribution is 2.45. The predicted octanol–water partition coefficient (Wildman–Crippen LogP) is 14.9. The van der Waals surface area contributed by atoms with Crippen molar-refractivity contribution in [2.45, 2.75) is 62.3 Å². The van der Waals surface area contributed by atoms with Gasteiger partial charge in [-0.25, -0.2) is 74.8 Å². The van der Waals surface area contributed by atoms with E-state index in [1.165, 1.54) is 0 Å². The van der Waals surface area contributed by atoms with E-state index in [0.29, 0.717) is 87.4 Å². The molecular formula is C72H55N17. The summed E-state index contributed by atoms with van der Waals surface area (Å²) in [4.78, 5) is 72.4. The molecule has 7 heterocycles. The van der Waals surface area contributed by atoms with Crippen LogP contribution in [-0.4, -0.2) is 83.9 Å². The topological polar surface area (TPSA) is 203 Å². The van der Waals surface area contributed by atoms with Gasteiger partial charge in [0.25, 0.3) is 0 Å². The van der Waals surface area contributed by atoms with E-state index in [4.69, 9.17) is 54.8 Å². The zero-order valence-corrected chi connectivity index (χ0v) is 50.3. The molecule has 8 aromatic carbocycles. The van der Waals surface area contributed by atoms with Crippen LogP contribution >= 0.6 is 0 Å². The summed E-state index contributed by atoms with van der Waals surface area (Å²) in [7, 11) is 0. The Morgan fingerprint density at radius 2 is 0.506 bits per heavy atom. The first kappa shape index (κ1) is 54.1. The van der Waals surface area contributed by atoms with Gasteiger partial charge in [0, 0.05) is 71.6 Å². The molecular weight excluding hydrogens is 1100 g/mol. The molecule has 0 amide bonds. The van der Waals surface area contributed by atoms with Gasteiger partial charge in [-0.2, -0.15) is 0 Å². The van der Waals surface area contributed by atoms with E-state index in [1.807, 2.05) is 116 Å². The largest absolute Gasteiger partial charge is 0.309 e. The molecule has 17 heteroatoms. The minimum Gasteiger partial charge on any atom is -0.309 e. The summed E-state index contributed by atoms with van der Waals surface area (Å²) in [6.07, 6.45) is 0. The first-order valence-corrected chi connectivity index (χ1v) is 29.3. The van der Waals surface area contributed by atoms with Gasteiger partial charge in [0.05, 0.1) is 33.4 Å². The molecule has 89 heavy (non-hydrogen) atoms. The van der Waals surface area contributed by atoms with Crippen LogP contribution in [0.4, 0.5) is 0 Å². The summed E-state index contributed by atoms with van der Waals surface area (Å²) >= 11 is 0. The minimum absolute atomic E-state index is 0.520. The molecule has 15 rings (SSSR count). The molecule has 0 fully saturated rings. The van der Waals surface area contributed by atoms with Crippen LogP contribution in [0.5, 0.6) is 0 Å². The lowest BCUT2D eigenvalue weighted by Crippen LogP contribution is -2.04. The second-order valence-electron chi connectivity index (χ2n) is 22.4. The van der Waals surface area contributed by atoms with Crippen molar-refractivity contribution in [1.82, 2.24) is 83.9 Å². The van der Waals surface area contributed by atoms with Gasteiger partial charge in [-0.3, -0.25) is 0 Å². The van der Waals surface area contributed by atoms with Crippen LogP contribution in [0.1, 0.15) is 52.2 Å². The van der Waals surface area contributed by atoms with Crippen molar-refractivity contribution in [3.63, 3.8) is 0 Å². The third-order valence-electron chi connectivity index (χ3n) is 15.9. The third-order valence-corrected chi connectivity index (χ3v) is 15.9. The maximum Gasteiger partial charge on any atom is 0.164 e. The number of rotatable bonds is 10. The second-order valence-corrected chi connectivity index (χ2v) is 22.4. The summed E-state index contributed by atoms with van der Waals surface area (Å²) < 4.78 is 4.73. The molecule has 428 valence electrons. The zero-order chi connectivity index (χ0) is 60.8. The molecule has 7 aromatic heterocycles. The van der Waals surface area contributed by atoms with Crippen molar-refractivity contribution in [1.29, 1.82) is 0 Å². The predicted molar refractivity (Wildman–Crippen MR) is 348 cm³/mol. The van der Waals surface area contributed by atoms with Gasteiger partial charge in [0.2, 0.25) is 0 Å². The first-order valence-electron chi connectivity index (χ1n) is 29.3. The van der Waals surface area contributed by atoms with Crippen molar-refractivity contribution in [3.8, 4) is 102 Å². The lowest BCUT2D eigenvalue weighted by molar-refractivity contribution is 0.928. The summed E-state index contributed by atoms with van der Waals surface area (Å²) in [5, 5.41) is 3.95. The maximum absolute atomic E-state index is 5.29. The second kappa shape index (κ2) is 21.4. The van der Waals surface area contributed by atoms with Gasteiger partial charge in [-0.05, 0) is 165 Å². The van der Waals surface area contributed by atoms with Gasteiger partial charge in [0.15, 0.2) is 40.8 Å². The van der Waals surface area contributed by atoms with E-state index in [0.717, 1.165) is 111 Å². The standard InChI is InChI=1S/C72H55N17/c1-38-20-26-54(65(32-38)89-63-30-23-51(70-81-43(6)75-44(7)82-70)36-58(63)59-37-52(24-31-64(59)89)71-83-45(8)76-46(9)84-71)55-33-53(72-86-66(47-16-12-10-13-17-47)85-67(87-72)48-18-14-11-15-19-48)25-27-60(55)88-61-28-21-49(68-77-39(2)73-40(3)78-68)34-56(61)57-35-50(22-29-62(57)88)69-79-41(4)74-42(5)80-69/h10-37H,1-9H3. The van der Waals surface area contributed by atoms with Crippen molar-refractivity contribution < 1.29 is 0 Å². The molecule has 0 saturated carbocycles. The van der Waals surface area contributed by atoms with E-state index in [9.17, 15) is 0 Å². The third kappa shape index (κ3) is 9.93. The van der Waals surface area contributed by atoms with Crippen LogP contribution in [-0.2, 0) is 0 Å². The summed E-state index contributed by atoms with van der Waals surface area (Å²) in [5.41, 5.74) is 14.6. The number of hydrogen-bond acceptors (Lipinski definition) is 15. The molecule has 0 radical (unpaired) electrons. The number of hydrogen-bond donors (Lipinski definition) is 0. The first-order chi connectivity index (χ1) is 43.2. The fourth-order valence-electron chi connectivity index (χ4n) is 12.2. The quantitative estimate of drug-likeness (QED) is 0.125. The maximum atomic E-state index is 5.29. The Hall–Kier alpha value is -11.6. The van der Waals surface area contributed by atoms with Crippen molar-refractivity contribution in [2.24, 2.45) is 0 Å². The van der Waals surface area contributed by atoms with Crippen LogP contribution in [0.25, 0.3) is 146 Å². The van der Waals surface area contributed by atoms with E-state index in [1.54, 1.807) is 0 Å². The zero-order valence-electron chi connectivity index (χ0n) is 50.3. The Morgan fingerprint density at radius 1 is 0.213 bits per heavy atom. The SMILES string of the molecule is Cc1ccc(-c2cc(-c3nc(-c4ccccc4)nc(-c4ccccc4)n3)ccc2-n2c3ccc(-c4nc(C)nc(C)n4)cc3c3cc(-c4nc(C)nc(C)n4)ccc32)c(-n2c3ccc(-c4nc(C)nc(C)n4)cc3c3cc(-c4nc(C)nc(C)n4)ccc32)c1.